The van der Waals surface area contributed by atoms with Crippen LogP contribution in [0.1, 0.15) is 0 Å². The van der Waals surface area contributed by atoms with Crippen LogP contribution in [0.5, 0.6) is 11.8 Å². The van der Waals surface area contributed by atoms with Crippen LogP contribution in [0.25, 0.3) is 0 Å². The lowest BCUT2D eigenvalue weighted by molar-refractivity contribution is -0.389. The van der Waals surface area contributed by atoms with Crippen molar-refractivity contribution in [3.8, 4) is 11.8 Å². The lowest BCUT2D eigenvalue weighted by atomic mass is 10.2. The Labute approximate surface area is 148 Å². The first-order valence-corrected chi connectivity index (χ1v) is 7.36. The van der Waals surface area contributed by atoms with Gasteiger partial charge in [-0.25, -0.2) is 4.79 Å². The molecule has 0 saturated carbocycles. The second-order valence-electron chi connectivity index (χ2n) is 5.45. The first kappa shape index (κ1) is 18.3. The van der Waals surface area contributed by atoms with Crippen molar-refractivity contribution in [2.45, 2.75) is 18.9 Å². The van der Waals surface area contributed by atoms with Crippen LogP contribution in [0.2, 0.25) is 0 Å². The molecule has 0 spiro atoms. The van der Waals surface area contributed by atoms with Gasteiger partial charge in [0.2, 0.25) is 0 Å². The number of carbonyl (C=O) groups is 1. The van der Waals surface area contributed by atoms with E-state index in [-0.39, 0.29) is 24.8 Å². The number of anilines is 1. The zero-order valence-corrected chi connectivity index (χ0v) is 13.3. The average Bonchev–Trinajstić information content (AvgIpc) is 2.98. The van der Waals surface area contributed by atoms with E-state index in [9.17, 15) is 33.2 Å². The standard InChI is InChI=1S/C14H11F3N4O6/c15-14(16,17)27-10-3-1-8(2-4-10)20(13(22)23)9-5-19-6-11(21(24)25)18-12(19)26-7-9/h1-4,6,9H,5,7H2,(H,22,23)/t9-/m0/s1. The molecule has 144 valence electrons. The number of hydrogen-bond acceptors (Lipinski definition) is 6. The van der Waals surface area contributed by atoms with Crippen LogP contribution in [0.3, 0.4) is 0 Å². The number of ether oxygens (including phenoxy) is 2. The summed E-state index contributed by atoms with van der Waals surface area (Å²) in [5.41, 5.74) is 0.0867. The highest BCUT2D eigenvalue weighted by Crippen LogP contribution is 2.29. The van der Waals surface area contributed by atoms with Crippen LogP contribution < -0.4 is 14.4 Å². The predicted molar refractivity (Wildman–Crippen MR) is 81.8 cm³/mol. The Morgan fingerprint density at radius 2 is 2.07 bits per heavy atom. The fraction of sp³-hybridized carbons (Fsp3) is 0.286. The van der Waals surface area contributed by atoms with Crippen molar-refractivity contribution in [1.29, 1.82) is 0 Å². The van der Waals surface area contributed by atoms with Gasteiger partial charge in [-0.3, -0.25) is 9.47 Å². The third-order valence-electron chi connectivity index (χ3n) is 3.65. The van der Waals surface area contributed by atoms with E-state index in [0.29, 0.717) is 0 Å². The monoisotopic (exact) mass is 388 g/mol. The van der Waals surface area contributed by atoms with Crippen LogP contribution in [0, 0.1) is 10.1 Å². The SMILES string of the molecule is O=C(O)N(c1ccc(OC(F)(F)F)cc1)[C@@H]1COc2nc([N+](=O)[O-])cn2C1. The Bertz CT molecular complexity index is 867. The number of halogens is 3. The summed E-state index contributed by atoms with van der Waals surface area (Å²) in [5, 5.41) is 20.3. The minimum Gasteiger partial charge on any atom is -0.465 e. The molecule has 1 N–H and O–H groups in total. The summed E-state index contributed by atoms with van der Waals surface area (Å²) >= 11 is 0. The number of aromatic nitrogens is 2. The van der Waals surface area contributed by atoms with E-state index in [2.05, 4.69) is 9.72 Å². The van der Waals surface area contributed by atoms with E-state index in [4.69, 9.17) is 4.74 Å². The van der Waals surface area contributed by atoms with Crippen LogP contribution in [-0.4, -0.2) is 44.7 Å². The number of nitrogens with zero attached hydrogens (tertiary/aromatic N) is 4. The molecule has 1 aliphatic heterocycles. The highest BCUT2D eigenvalue weighted by molar-refractivity contribution is 5.86. The first-order valence-electron chi connectivity index (χ1n) is 7.36. The molecule has 0 fully saturated rings. The number of fused-ring (bicyclic) bond motifs is 1. The lowest BCUT2D eigenvalue weighted by Gasteiger charge is -2.31. The second-order valence-corrected chi connectivity index (χ2v) is 5.45. The molecular weight excluding hydrogens is 377 g/mol. The Morgan fingerprint density at radius 3 is 2.63 bits per heavy atom. The minimum absolute atomic E-state index is 0.0165. The van der Waals surface area contributed by atoms with Gasteiger partial charge in [-0.05, 0) is 29.2 Å². The van der Waals surface area contributed by atoms with E-state index in [1.165, 1.54) is 4.57 Å². The molecule has 0 unspecified atom stereocenters. The van der Waals surface area contributed by atoms with E-state index in [1.54, 1.807) is 0 Å². The molecule has 1 atom stereocenters. The minimum atomic E-state index is -4.86. The average molecular weight is 388 g/mol. The van der Waals surface area contributed by atoms with Crippen molar-refractivity contribution in [2.75, 3.05) is 11.5 Å². The van der Waals surface area contributed by atoms with Crippen LogP contribution in [0.15, 0.2) is 30.5 Å². The molecule has 0 saturated heterocycles. The molecule has 27 heavy (non-hydrogen) atoms. The molecule has 1 aromatic heterocycles. The van der Waals surface area contributed by atoms with Gasteiger partial charge in [-0.1, -0.05) is 0 Å². The van der Waals surface area contributed by atoms with Gasteiger partial charge in [0.05, 0.1) is 12.6 Å². The number of imidazole rings is 1. The number of alkyl halides is 3. The maximum Gasteiger partial charge on any atom is 0.573 e. The normalized spacial score (nSPS) is 16.2. The Kier molecular flexibility index (Phi) is 4.51. The zero-order chi connectivity index (χ0) is 19.8. The van der Waals surface area contributed by atoms with Crippen molar-refractivity contribution in [3.63, 3.8) is 0 Å². The summed E-state index contributed by atoms with van der Waals surface area (Å²) in [6.45, 7) is -0.120. The molecular formula is C14H11F3N4O6. The molecule has 2 aromatic rings. The maximum atomic E-state index is 12.2. The maximum absolute atomic E-state index is 12.2. The van der Waals surface area contributed by atoms with Gasteiger partial charge in [0.15, 0.2) is 0 Å². The van der Waals surface area contributed by atoms with Crippen LogP contribution in [-0.2, 0) is 6.54 Å². The highest BCUT2D eigenvalue weighted by atomic mass is 19.4. The third kappa shape index (κ3) is 4.02. The van der Waals surface area contributed by atoms with Gasteiger partial charge in [0.1, 0.15) is 18.6 Å². The quantitative estimate of drug-likeness (QED) is 0.631. The summed E-state index contributed by atoms with van der Waals surface area (Å²) < 4.78 is 47.0. The van der Waals surface area contributed by atoms with Crippen molar-refractivity contribution in [1.82, 2.24) is 9.55 Å². The van der Waals surface area contributed by atoms with Gasteiger partial charge in [-0.15, -0.1) is 13.2 Å². The summed E-state index contributed by atoms with van der Waals surface area (Å²) in [4.78, 5) is 26.3. The number of benzene rings is 1. The molecule has 1 aliphatic rings. The molecule has 0 bridgehead atoms. The van der Waals surface area contributed by atoms with Gasteiger partial charge in [0, 0.05) is 10.7 Å². The molecule has 2 heterocycles. The summed E-state index contributed by atoms with van der Waals surface area (Å²) in [6.07, 6.45) is -5.12. The lowest BCUT2D eigenvalue weighted by Crippen LogP contribution is -2.47. The smallest absolute Gasteiger partial charge is 0.465 e. The van der Waals surface area contributed by atoms with E-state index >= 15 is 0 Å². The van der Waals surface area contributed by atoms with Crippen LogP contribution >= 0.6 is 0 Å². The van der Waals surface area contributed by atoms with Crippen molar-refractivity contribution in [2.24, 2.45) is 0 Å². The molecule has 13 heteroatoms. The van der Waals surface area contributed by atoms with Gasteiger partial charge in [-0.2, -0.15) is 0 Å². The van der Waals surface area contributed by atoms with E-state index in [0.717, 1.165) is 35.4 Å². The summed E-state index contributed by atoms with van der Waals surface area (Å²) in [7, 11) is 0. The number of carboxylic acid groups (broad SMARTS) is 1. The van der Waals surface area contributed by atoms with Crippen molar-refractivity contribution >= 4 is 17.6 Å². The molecule has 1 aromatic carbocycles. The van der Waals surface area contributed by atoms with Gasteiger partial charge in [0.25, 0.3) is 0 Å². The Hall–Kier alpha value is -3.51. The highest BCUT2D eigenvalue weighted by Gasteiger charge is 2.34. The fourth-order valence-corrected chi connectivity index (χ4v) is 2.61. The fourth-order valence-electron chi connectivity index (χ4n) is 2.61. The molecule has 3 rings (SSSR count). The predicted octanol–water partition coefficient (Wildman–Crippen LogP) is 2.64. The van der Waals surface area contributed by atoms with Crippen molar-refractivity contribution in [3.05, 3.63) is 40.6 Å². The van der Waals surface area contributed by atoms with Gasteiger partial charge < -0.3 is 24.7 Å². The van der Waals surface area contributed by atoms with Crippen molar-refractivity contribution < 1.29 is 37.5 Å². The number of nitro groups is 1. The van der Waals surface area contributed by atoms with Crippen LogP contribution in [0.4, 0.5) is 29.5 Å². The molecule has 10 nitrogen and oxygen atoms in total. The second kappa shape index (κ2) is 6.66. The number of amides is 1. The Morgan fingerprint density at radius 1 is 1.41 bits per heavy atom. The molecule has 0 aliphatic carbocycles. The summed E-state index contributed by atoms with van der Waals surface area (Å²) in [6, 6.07) is 3.48. The van der Waals surface area contributed by atoms with Gasteiger partial charge >= 0.3 is 24.3 Å². The van der Waals surface area contributed by atoms with E-state index in [1.807, 2.05) is 0 Å². The molecule has 1 amide bonds. The summed E-state index contributed by atoms with van der Waals surface area (Å²) in [5.74, 6) is -0.940. The first-order chi connectivity index (χ1) is 12.6. The Balaban J connectivity index is 1.81. The topological polar surface area (TPSA) is 120 Å². The third-order valence-corrected chi connectivity index (χ3v) is 3.65. The zero-order valence-electron chi connectivity index (χ0n) is 13.3. The largest absolute Gasteiger partial charge is 0.573 e. The van der Waals surface area contributed by atoms with E-state index < -0.39 is 35.0 Å². The molecule has 0 radical (unpaired) electrons. The number of rotatable bonds is 4. The number of hydrogen-bond donors (Lipinski definition) is 1.